The quantitative estimate of drug-likeness (QED) is 0.724. The first-order chi connectivity index (χ1) is 12.1. The van der Waals surface area contributed by atoms with Crippen molar-refractivity contribution in [2.24, 2.45) is 12.8 Å². The summed E-state index contributed by atoms with van der Waals surface area (Å²) in [4.78, 5) is 13.0. The van der Waals surface area contributed by atoms with Crippen LogP contribution in [0.3, 0.4) is 0 Å². The highest BCUT2D eigenvalue weighted by Crippen LogP contribution is 2.33. The van der Waals surface area contributed by atoms with Gasteiger partial charge >= 0.3 is 0 Å². The van der Waals surface area contributed by atoms with Gasteiger partial charge in [0, 0.05) is 23.7 Å². The maximum atomic E-state index is 11.8. The molecule has 2 aromatic carbocycles. The average molecular weight is 347 g/mol. The number of benzene rings is 2. The number of aryl methyl sites for hydroxylation is 1. The predicted molar refractivity (Wildman–Crippen MR) is 101 cm³/mol. The van der Waals surface area contributed by atoms with Crippen LogP contribution in [0.4, 0.5) is 0 Å². The molecule has 0 bridgehead atoms. The summed E-state index contributed by atoms with van der Waals surface area (Å²) >= 11 is 1.70. The van der Waals surface area contributed by atoms with Gasteiger partial charge in [-0.1, -0.05) is 42.5 Å². The summed E-state index contributed by atoms with van der Waals surface area (Å²) in [5, 5.41) is 9.38. The fraction of sp³-hybridized carbons (Fsp3) is 0.100. The van der Waals surface area contributed by atoms with E-state index in [0.29, 0.717) is 16.8 Å². The number of hydrogen-bond acceptors (Lipinski definition) is 3. The Balaban J connectivity index is 2.11. The molecule has 124 valence electrons. The molecule has 0 atom stereocenters. The van der Waals surface area contributed by atoms with Crippen LogP contribution in [0.15, 0.2) is 59.6 Å². The molecule has 3 rings (SSSR count). The van der Waals surface area contributed by atoms with Crippen molar-refractivity contribution in [3.05, 3.63) is 66.0 Å². The van der Waals surface area contributed by atoms with Crippen molar-refractivity contribution in [3.63, 3.8) is 0 Å². The maximum Gasteiger partial charge on any atom is 0.266 e. The number of nitrogens with zero attached hydrogens (tertiary/aromatic N) is 2. The molecule has 25 heavy (non-hydrogen) atoms. The molecule has 0 spiro atoms. The SMILES string of the molecule is CSc1ccccc1-c1ccc(-c2c(C#N)cn(C)c2C(N)=O)cc1. The fourth-order valence-electron chi connectivity index (χ4n) is 3.00. The highest BCUT2D eigenvalue weighted by atomic mass is 32.2. The second-order valence-electron chi connectivity index (χ2n) is 5.63. The minimum absolute atomic E-state index is 0.341. The highest BCUT2D eigenvalue weighted by molar-refractivity contribution is 7.98. The topological polar surface area (TPSA) is 71.8 Å². The Morgan fingerprint density at radius 2 is 1.76 bits per heavy atom. The summed E-state index contributed by atoms with van der Waals surface area (Å²) in [5.41, 5.74) is 9.92. The van der Waals surface area contributed by atoms with Crippen LogP contribution in [-0.2, 0) is 7.05 Å². The zero-order valence-electron chi connectivity index (χ0n) is 14.0. The molecule has 5 heteroatoms. The van der Waals surface area contributed by atoms with Crippen molar-refractivity contribution in [3.8, 4) is 28.3 Å². The zero-order valence-corrected chi connectivity index (χ0v) is 14.8. The zero-order chi connectivity index (χ0) is 18.0. The van der Waals surface area contributed by atoms with Crippen LogP contribution in [0.2, 0.25) is 0 Å². The van der Waals surface area contributed by atoms with E-state index in [4.69, 9.17) is 5.73 Å². The monoisotopic (exact) mass is 347 g/mol. The number of rotatable bonds is 4. The van der Waals surface area contributed by atoms with Gasteiger partial charge in [-0.2, -0.15) is 5.26 Å². The Hall–Kier alpha value is -2.97. The van der Waals surface area contributed by atoms with Gasteiger partial charge in [0.15, 0.2) is 0 Å². The van der Waals surface area contributed by atoms with Crippen LogP contribution < -0.4 is 5.73 Å². The van der Waals surface area contributed by atoms with E-state index in [2.05, 4.69) is 24.5 Å². The molecular formula is C20H17N3OS. The predicted octanol–water partition coefficient (Wildman–Crippen LogP) is 4.05. The first kappa shape index (κ1) is 16.9. The van der Waals surface area contributed by atoms with E-state index >= 15 is 0 Å². The standard InChI is InChI=1S/C20H17N3OS/c1-23-12-15(11-21)18(19(23)20(22)24)14-9-7-13(8-10-14)16-5-3-4-6-17(16)25-2/h3-10,12H,1-2H3,(H2,22,24). The minimum Gasteiger partial charge on any atom is -0.364 e. The van der Waals surface area contributed by atoms with Crippen LogP contribution in [0.25, 0.3) is 22.3 Å². The van der Waals surface area contributed by atoms with Gasteiger partial charge in [-0.05, 0) is 29.0 Å². The summed E-state index contributed by atoms with van der Waals surface area (Å²) in [5.74, 6) is -0.546. The molecule has 0 radical (unpaired) electrons. The van der Waals surface area contributed by atoms with E-state index < -0.39 is 5.91 Å². The number of nitrogens with two attached hydrogens (primary N) is 1. The molecule has 4 nitrogen and oxygen atoms in total. The van der Waals surface area contributed by atoms with Crippen LogP contribution in [0, 0.1) is 11.3 Å². The normalized spacial score (nSPS) is 10.4. The fourth-order valence-corrected chi connectivity index (χ4v) is 3.62. The minimum atomic E-state index is -0.546. The second kappa shape index (κ2) is 6.88. The molecule has 1 amide bonds. The van der Waals surface area contributed by atoms with Gasteiger partial charge in [-0.15, -0.1) is 11.8 Å². The second-order valence-corrected chi connectivity index (χ2v) is 6.48. The summed E-state index contributed by atoms with van der Waals surface area (Å²) in [6.07, 6.45) is 3.68. The average Bonchev–Trinajstić information content (AvgIpc) is 2.98. The van der Waals surface area contributed by atoms with Gasteiger partial charge in [0.2, 0.25) is 0 Å². The number of aromatic nitrogens is 1. The van der Waals surface area contributed by atoms with Crippen molar-refractivity contribution in [1.29, 1.82) is 5.26 Å². The Morgan fingerprint density at radius 1 is 1.12 bits per heavy atom. The van der Waals surface area contributed by atoms with Crippen molar-refractivity contribution < 1.29 is 4.79 Å². The van der Waals surface area contributed by atoms with E-state index in [1.165, 1.54) is 4.90 Å². The smallest absolute Gasteiger partial charge is 0.266 e. The molecule has 1 heterocycles. The summed E-state index contributed by atoms with van der Waals surface area (Å²) in [6, 6.07) is 18.2. The molecule has 0 fully saturated rings. The highest BCUT2D eigenvalue weighted by Gasteiger charge is 2.19. The number of hydrogen-bond donors (Lipinski definition) is 1. The van der Waals surface area contributed by atoms with Gasteiger partial charge < -0.3 is 10.3 Å². The number of primary amides is 1. The maximum absolute atomic E-state index is 11.8. The van der Waals surface area contributed by atoms with Crippen LogP contribution in [-0.4, -0.2) is 16.7 Å². The first-order valence-corrected chi connectivity index (χ1v) is 8.92. The Morgan fingerprint density at radius 3 is 2.36 bits per heavy atom. The first-order valence-electron chi connectivity index (χ1n) is 7.70. The lowest BCUT2D eigenvalue weighted by Crippen LogP contribution is -2.16. The lowest BCUT2D eigenvalue weighted by molar-refractivity contribution is 0.0993. The Labute approximate surface area is 150 Å². The molecule has 0 aliphatic heterocycles. The molecule has 1 aromatic heterocycles. The van der Waals surface area contributed by atoms with Crippen molar-refractivity contribution in [2.45, 2.75) is 4.90 Å². The van der Waals surface area contributed by atoms with E-state index in [0.717, 1.165) is 16.7 Å². The number of carbonyl (C=O) groups excluding carboxylic acids is 1. The van der Waals surface area contributed by atoms with Crippen LogP contribution >= 0.6 is 11.8 Å². The van der Waals surface area contributed by atoms with E-state index in [1.54, 1.807) is 29.6 Å². The van der Waals surface area contributed by atoms with Gasteiger partial charge in [-0.3, -0.25) is 4.79 Å². The van der Waals surface area contributed by atoms with E-state index in [9.17, 15) is 10.1 Å². The molecule has 0 unspecified atom stereocenters. The number of amides is 1. The molecule has 3 aromatic rings. The van der Waals surface area contributed by atoms with Crippen molar-refractivity contribution >= 4 is 17.7 Å². The number of nitriles is 1. The summed E-state index contributed by atoms with van der Waals surface area (Å²) < 4.78 is 1.60. The number of thioether (sulfide) groups is 1. The third-order valence-electron chi connectivity index (χ3n) is 4.13. The van der Waals surface area contributed by atoms with Crippen molar-refractivity contribution in [1.82, 2.24) is 4.57 Å². The molecular weight excluding hydrogens is 330 g/mol. The molecule has 0 saturated carbocycles. The third-order valence-corrected chi connectivity index (χ3v) is 4.92. The van der Waals surface area contributed by atoms with E-state index in [1.807, 2.05) is 36.4 Å². The summed E-state index contributed by atoms with van der Waals surface area (Å²) in [7, 11) is 1.72. The largest absolute Gasteiger partial charge is 0.364 e. The van der Waals surface area contributed by atoms with Crippen LogP contribution in [0.1, 0.15) is 16.1 Å². The molecule has 0 aliphatic carbocycles. The van der Waals surface area contributed by atoms with Gasteiger partial charge in [0.05, 0.1) is 5.56 Å². The van der Waals surface area contributed by atoms with E-state index in [-0.39, 0.29) is 0 Å². The van der Waals surface area contributed by atoms with Crippen molar-refractivity contribution in [2.75, 3.05) is 6.26 Å². The van der Waals surface area contributed by atoms with Gasteiger partial charge in [0.1, 0.15) is 11.8 Å². The third kappa shape index (κ3) is 3.04. The number of carbonyl (C=O) groups is 1. The molecule has 0 saturated heterocycles. The Kier molecular flexibility index (Phi) is 4.64. The van der Waals surface area contributed by atoms with Crippen LogP contribution in [0.5, 0.6) is 0 Å². The summed E-state index contributed by atoms with van der Waals surface area (Å²) in [6.45, 7) is 0. The lowest BCUT2D eigenvalue weighted by atomic mass is 9.98. The molecule has 2 N–H and O–H groups in total. The van der Waals surface area contributed by atoms with Gasteiger partial charge in [-0.25, -0.2) is 0 Å². The Bertz CT molecular complexity index is 981. The van der Waals surface area contributed by atoms with Gasteiger partial charge in [0.25, 0.3) is 5.91 Å². The lowest BCUT2D eigenvalue weighted by Gasteiger charge is -2.09. The molecule has 0 aliphatic rings.